The van der Waals surface area contributed by atoms with Gasteiger partial charge in [0.15, 0.2) is 11.0 Å². The molecule has 0 unspecified atom stereocenters. The number of hydrogen-bond donors (Lipinski definition) is 0. The van der Waals surface area contributed by atoms with E-state index in [2.05, 4.69) is 140 Å². The van der Waals surface area contributed by atoms with Crippen LogP contribution in [0.3, 0.4) is 0 Å². The molecule has 2 aliphatic rings. The van der Waals surface area contributed by atoms with Crippen molar-refractivity contribution in [2.75, 3.05) is 25.1 Å². The standard InChI is InChI=1S/C39H37BrN3O/c1-26-42(35-12-5-6-13-36(35)43(26)24-27-15-16-28-9-3-4-10-29(28)21-27)20-8-19-41-25-31-22-30-17-18-32(40)23-34(30)38(31)33-11-7-14-37(44-2)39(33)41/h3-7,9-18,21,23,31,38H,8,19-20,22,24-25H2,1-2H3/q+1/t31-,38-/m0/s1. The Bertz CT molecular complexity index is 2030. The molecule has 220 valence electrons. The number of fused-ring (bicyclic) bond motifs is 7. The average molecular weight is 644 g/mol. The highest BCUT2D eigenvalue weighted by atomic mass is 79.9. The summed E-state index contributed by atoms with van der Waals surface area (Å²) in [5.74, 6) is 3.29. The summed E-state index contributed by atoms with van der Waals surface area (Å²) < 4.78 is 12.1. The third kappa shape index (κ3) is 4.60. The third-order valence-electron chi connectivity index (χ3n) is 9.96. The second-order valence-corrected chi connectivity index (χ2v) is 13.4. The number of methoxy groups -OCH3 is 1. The minimum absolute atomic E-state index is 0.425. The Labute approximate surface area is 267 Å². The Morgan fingerprint density at radius 1 is 0.841 bits per heavy atom. The zero-order valence-corrected chi connectivity index (χ0v) is 26.9. The van der Waals surface area contributed by atoms with Gasteiger partial charge in [0, 0.05) is 36.8 Å². The molecule has 0 saturated carbocycles. The first-order chi connectivity index (χ1) is 21.6. The van der Waals surface area contributed by atoms with Crippen molar-refractivity contribution in [1.82, 2.24) is 4.57 Å². The zero-order chi connectivity index (χ0) is 29.8. The molecular weight excluding hydrogens is 606 g/mol. The Balaban J connectivity index is 1.08. The molecule has 0 bridgehead atoms. The lowest BCUT2D eigenvalue weighted by Gasteiger charge is -2.39. The molecule has 5 heteroatoms. The van der Waals surface area contributed by atoms with Gasteiger partial charge in [-0.05, 0) is 81.8 Å². The molecular formula is C39H37BrN3O+. The number of rotatable bonds is 7. The van der Waals surface area contributed by atoms with Gasteiger partial charge in [-0.1, -0.05) is 82.7 Å². The van der Waals surface area contributed by atoms with Gasteiger partial charge < -0.3 is 9.64 Å². The molecule has 0 fully saturated rings. The molecule has 0 N–H and O–H groups in total. The Morgan fingerprint density at radius 3 is 2.57 bits per heavy atom. The van der Waals surface area contributed by atoms with Crippen LogP contribution in [-0.4, -0.2) is 24.8 Å². The summed E-state index contributed by atoms with van der Waals surface area (Å²) in [7, 11) is 1.81. The van der Waals surface area contributed by atoms with Crippen LogP contribution < -0.4 is 14.2 Å². The van der Waals surface area contributed by atoms with Crippen molar-refractivity contribution in [1.29, 1.82) is 0 Å². The SMILES string of the molecule is COc1cccc2c1N(CCCn1c(C)[n+](Cc3ccc4ccccc4c3)c3ccccc31)C[C@@H]1Cc3ccc(Br)cc3[C@H]21. The number of anilines is 1. The highest BCUT2D eigenvalue weighted by molar-refractivity contribution is 9.10. The number of ether oxygens (including phenoxy) is 1. The maximum absolute atomic E-state index is 5.97. The number of hydrogen-bond acceptors (Lipinski definition) is 2. The first-order valence-electron chi connectivity index (χ1n) is 15.7. The van der Waals surface area contributed by atoms with Crippen LogP contribution >= 0.6 is 15.9 Å². The van der Waals surface area contributed by atoms with Crippen LogP contribution in [0.15, 0.2) is 108 Å². The van der Waals surface area contributed by atoms with Crippen LogP contribution in [0.4, 0.5) is 5.69 Å². The molecule has 0 saturated heterocycles. The van der Waals surface area contributed by atoms with Crippen LogP contribution in [0.25, 0.3) is 21.8 Å². The quantitative estimate of drug-likeness (QED) is 0.163. The van der Waals surface area contributed by atoms with Crippen molar-refractivity contribution in [3.8, 4) is 5.75 Å². The van der Waals surface area contributed by atoms with Gasteiger partial charge in [-0.25, -0.2) is 9.13 Å². The molecule has 44 heavy (non-hydrogen) atoms. The second-order valence-electron chi connectivity index (χ2n) is 12.4. The monoisotopic (exact) mass is 642 g/mol. The minimum atomic E-state index is 0.425. The molecule has 0 radical (unpaired) electrons. The van der Waals surface area contributed by atoms with Crippen LogP contribution in [-0.2, 0) is 19.5 Å². The number of aromatic nitrogens is 2. The first kappa shape index (κ1) is 27.5. The summed E-state index contributed by atoms with van der Waals surface area (Å²) in [5, 5.41) is 2.58. The summed E-state index contributed by atoms with van der Waals surface area (Å²) in [4.78, 5) is 2.61. The fourth-order valence-electron chi connectivity index (χ4n) is 7.99. The Morgan fingerprint density at radius 2 is 1.68 bits per heavy atom. The second kappa shape index (κ2) is 11.1. The minimum Gasteiger partial charge on any atom is -0.495 e. The summed E-state index contributed by atoms with van der Waals surface area (Å²) in [6.45, 7) is 6.16. The van der Waals surface area contributed by atoms with Crippen molar-refractivity contribution in [2.24, 2.45) is 5.92 Å². The number of halogens is 1. The predicted octanol–water partition coefficient (Wildman–Crippen LogP) is 8.42. The van der Waals surface area contributed by atoms with E-state index in [4.69, 9.17) is 4.74 Å². The average Bonchev–Trinajstić information content (AvgIpc) is 3.54. The lowest BCUT2D eigenvalue weighted by molar-refractivity contribution is -0.669. The molecule has 0 spiro atoms. The van der Waals surface area contributed by atoms with Crippen LogP contribution in [0.5, 0.6) is 5.75 Å². The van der Waals surface area contributed by atoms with E-state index in [1.165, 1.54) is 55.6 Å². The van der Waals surface area contributed by atoms with Crippen molar-refractivity contribution in [2.45, 2.75) is 38.8 Å². The van der Waals surface area contributed by atoms with Crippen LogP contribution in [0.1, 0.15) is 40.4 Å². The smallest absolute Gasteiger partial charge is 0.254 e. The highest BCUT2D eigenvalue weighted by Crippen LogP contribution is 2.52. The zero-order valence-electron chi connectivity index (χ0n) is 25.3. The summed E-state index contributed by atoms with van der Waals surface area (Å²) >= 11 is 3.73. The van der Waals surface area contributed by atoms with Gasteiger partial charge in [0.05, 0.1) is 19.3 Å². The molecule has 1 aromatic heterocycles. The summed E-state index contributed by atoms with van der Waals surface area (Å²) in [6, 6.07) is 37.8. The van der Waals surface area contributed by atoms with Crippen LogP contribution in [0.2, 0.25) is 0 Å². The van der Waals surface area contributed by atoms with Crippen molar-refractivity contribution in [3.63, 3.8) is 0 Å². The molecule has 0 amide bonds. The van der Waals surface area contributed by atoms with Gasteiger partial charge in [0.25, 0.3) is 5.82 Å². The first-order valence-corrected chi connectivity index (χ1v) is 16.5. The van der Waals surface area contributed by atoms with E-state index >= 15 is 0 Å². The molecule has 1 aliphatic heterocycles. The number of nitrogens with zero attached hydrogens (tertiary/aromatic N) is 3. The Kier molecular flexibility index (Phi) is 6.94. The van der Waals surface area contributed by atoms with Gasteiger partial charge in [0.1, 0.15) is 12.3 Å². The maximum Gasteiger partial charge on any atom is 0.254 e. The molecule has 8 rings (SSSR count). The topological polar surface area (TPSA) is 21.3 Å². The van der Waals surface area contributed by atoms with Gasteiger partial charge in [-0.3, -0.25) is 0 Å². The van der Waals surface area contributed by atoms with E-state index in [0.717, 1.165) is 49.2 Å². The van der Waals surface area contributed by atoms with Crippen molar-refractivity contribution >= 4 is 43.4 Å². The van der Waals surface area contributed by atoms with Gasteiger partial charge in [-0.15, -0.1) is 0 Å². The highest BCUT2D eigenvalue weighted by Gasteiger charge is 2.41. The number of benzene rings is 5. The molecule has 2 heterocycles. The number of para-hydroxylation sites is 3. The maximum atomic E-state index is 5.97. The van der Waals surface area contributed by atoms with Crippen molar-refractivity contribution < 1.29 is 9.30 Å². The lowest BCUT2D eigenvalue weighted by atomic mass is 9.81. The molecule has 5 aromatic carbocycles. The van der Waals surface area contributed by atoms with E-state index in [-0.39, 0.29) is 0 Å². The van der Waals surface area contributed by atoms with E-state index in [1.54, 1.807) is 0 Å². The largest absolute Gasteiger partial charge is 0.495 e. The van der Waals surface area contributed by atoms with Gasteiger partial charge in [-0.2, -0.15) is 0 Å². The Hall–Kier alpha value is -4.09. The number of imidazole rings is 1. The van der Waals surface area contributed by atoms with Crippen molar-refractivity contribution in [3.05, 3.63) is 136 Å². The number of aryl methyl sites for hydroxylation is 1. The predicted molar refractivity (Wildman–Crippen MR) is 183 cm³/mol. The summed E-state index contributed by atoms with van der Waals surface area (Å²) in [6.07, 6.45) is 2.19. The fourth-order valence-corrected chi connectivity index (χ4v) is 8.37. The van der Waals surface area contributed by atoms with Crippen LogP contribution in [0, 0.1) is 12.8 Å². The van der Waals surface area contributed by atoms with E-state index in [0.29, 0.717) is 11.8 Å². The lowest BCUT2D eigenvalue weighted by Crippen LogP contribution is -2.38. The molecule has 4 nitrogen and oxygen atoms in total. The van der Waals surface area contributed by atoms with E-state index in [9.17, 15) is 0 Å². The molecule has 6 aromatic rings. The summed E-state index contributed by atoms with van der Waals surface area (Å²) in [5.41, 5.74) is 9.59. The molecule has 1 aliphatic carbocycles. The molecule has 2 atom stereocenters. The fraction of sp³-hybridized carbons (Fsp3) is 0.256. The van der Waals surface area contributed by atoms with E-state index < -0.39 is 0 Å². The normalized spacial score (nSPS) is 17.1. The van der Waals surface area contributed by atoms with E-state index in [1.807, 2.05) is 7.11 Å². The third-order valence-corrected chi connectivity index (χ3v) is 10.5. The van der Waals surface area contributed by atoms with Gasteiger partial charge in [0.2, 0.25) is 0 Å². The van der Waals surface area contributed by atoms with Gasteiger partial charge >= 0.3 is 0 Å².